The Bertz CT molecular complexity index is 799. The van der Waals surface area contributed by atoms with E-state index in [1.54, 1.807) is 17.0 Å². The van der Waals surface area contributed by atoms with Gasteiger partial charge in [-0.2, -0.15) is 0 Å². The van der Waals surface area contributed by atoms with Crippen molar-refractivity contribution in [2.75, 3.05) is 26.2 Å². The van der Waals surface area contributed by atoms with Crippen LogP contribution in [0.2, 0.25) is 0 Å². The predicted octanol–water partition coefficient (Wildman–Crippen LogP) is 3.00. The molecule has 3 rings (SSSR count). The summed E-state index contributed by atoms with van der Waals surface area (Å²) in [5.74, 6) is -1.27. The lowest BCUT2D eigenvalue weighted by Crippen LogP contribution is -2.48. The Morgan fingerprint density at radius 1 is 0.926 bits per heavy atom. The van der Waals surface area contributed by atoms with E-state index in [1.807, 2.05) is 12.1 Å². The van der Waals surface area contributed by atoms with E-state index in [9.17, 15) is 14.0 Å². The van der Waals surface area contributed by atoms with Gasteiger partial charge in [-0.25, -0.2) is 4.39 Å². The zero-order valence-corrected chi connectivity index (χ0v) is 15.1. The second kappa shape index (κ2) is 8.77. The maximum absolute atomic E-state index is 13.1. The highest BCUT2D eigenvalue weighted by atomic mass is 19.1. The fourth-order valence-electron chi connectivity index (χ4n) is 3.28. The first-order valence-corrected chi connectivity index (χ1v) is 9.08. The van der Waals surface area contributed by atoms with Crippen LogP contribution in [-0.2, 0) is 16.1 Å². The number of halogens is 1. The first-order valence-electron chi connectivity index (χ1n) is 9.08. The van der Waals surface area contributed by atoms with Crippen LogP contribution in [-0.4, -0.2) is 53.0 Å². The molecule has 0 saturated carbocycles. The molecule has 1 heterocycles. The van der Waals surface area contributed by atoms with Gasteiger partial charge in [-0.15, -0.1) is 0 Å². The zero-order chi connectivity index (χ0) is 19.2. The van der Waals surface area contributed by atoms with E-state index in [2.05, 4.69) is 17.0 Å². The highest BCUT2D eigenvalue weighted by Gasteiger charge is 2.21. The lowest BCUT2D eigenvalue weighted by atomic mass is 10.0. The van der Waals surface area contributed by atoms with Crippen LogP contribution < -0.4 is 0 Å². The molecule has 0 bridgehead atoms. The Labute approximate surface area is 158 Å². The summed E-state index contributed by atoms with van der Waals surface area (Å²) in [5, 5.41) is 8.69. The van der Waals surface area contributed by atoms with Crippen molar-refractivity contribution in [2.24, 2.45) is 0 Å². The van der Waals surface area contributed by atoms with Crippen LogP contribution in [0.25, 0.3) is 11.1 Å². The summed E-state index contributed by atoms with van der Waals surface area (Å²) in [5.41, 5.74) is 3.20. The van der Waals surface area contributed by atoms with E-state index in [0.29, 0.717) is 13.1 Å². The van der Waals surface area contributed by atoms with E-state index in [0.717, 1.165) is 30.8 Å². The molecule has 1 amide bonds. The van der Waals surface area contributed by atoms with E-state index in [4.69, 9.17) is 5.11 Å². The minimum atomic E-state index is -0.942. The van der Waals surface area contributed by atoms with Gasteiger partial charge < -0.3 is 10.0 Å². The second-order valence-electron chi connectivity index (χ2n) is 6.76. The lowest BCUT2D eigenvalue weighted by Gasteiger charge is -2.34. The first-order chi connectivity index (χ1) is 13.0. The topological polar surface area (TPSA) is 60.9 Å². The number of hydrogen-bond donors (Lipinski definition) is 1. The number of aliphatic carboxylic acids is 1. The van der Waals surface area contributed by atoms with Gasteiger partial charge in [-0.3, -0.25) is 14.5 Å². The SMILES string of the molecule is O=C(O)CCC(=O)N1CCN(Cc2cccc(-c3ccc(F)cc3)c2)CC1. The highest BCUT2D eigenvalue weighted by Crippen LogP contribution is 2.22. The Morgan fingerprint density at radius 2 is 1.63 bits per heavy atom. The lowest BCUT2D eigenvalue weighted by molar-refractivity contribution is -0.141. The molecule has 0 aromatic heterocycles. The third kappa shape index (κ3) is 5.37. The molecule has 0 aliphatic carbocycles. The summed E-state index contributed by atoms with van der Waals surface area (Å²) in [6.07, 6.45) is -0.0513. The minimum Gasteiger partial charge on any atom is -0.481 e. The molecule has 2 aromatic rings. The van der Waals surface area contributed by atoms with Gasteiger partial charge >= 0.3 is 5.97 Å². The normalized spacial score (nSPS) is 14.9. The van der Waals surface area contributed by atoms with Gasteiger partial charge in [0.2, 0.25) is 5.91 Å². The number of amides is 1. The Morgan fingerprint density at radius 3 is 2.30 bits per heavy atom. The fourth-order valence-corrected chi connectivity index (χ4v) is 3.28. The maximum Gasteiger partial charge on any atom is 0.303 e. The zero-order valence-electron chi connectivity index (χ0n) is 15.1. The van der Waals surface area contributed by atoms with Crippen molar-refractivity contribution in [1.29, 1.82) is 0 Å². The number of piperazine rings is 1. The van der Waals surface area contributed by atoms with Gasteiger partial charge in [0.15, 0.2) is 0 Å². The van der Waals surface area contributed by atoms with Crippen LogP contribution in [0.1, 0.15) is 18.4 Å². The van der Waals surface area contributed by atoms with E-state index in [1.165, 1.54) is 17.7 Å². The van der Waals surface area contributed by atoms with Crippen LogP contribution in [0.4, 0.5) is 4.39 Å². The molecule has 0 atom stereocenters. The van der Waals surface area contributed by atoms with Crippen LogP contribution in [0.5, 0.6) is 0 Å². The van der Waals surface area contributed by atoms with Gasteiger partial charge in [0.25, 0.3) is 0 Å². The summed E-state index contributed by atoms with van der Waals surface area (Å²) < 4.78 is 13.1. The summed E-state index contributed by atoms with van der Waals surface area (Å²) in [6.45, 7) is 3.55. The van der Waals surface area contributed by atoms with Gasteiger partial charge in [-0.1, -0.05) is 30.3 Å². The van der Waals surface area contributed by atoms with Crippen LogP contribution in [0, 0.1) is 5.82 Å². The molecule has 1 aliphatic rings. The Kier molecular flexibility index (Phi) is 6.19. The molecule has 1 saturated heterocycles. The largest absolute Gasteiger partial charge is 0.481 e. The fraction of sp³-hybridized carbons (Fsp3) is 0.333. The molecule has 0 unspecified atom stereocenters. The molecule has 142 valence electrons. The van der Waals surface area contributed by atoms with Crippen molar-refractivity contribution in [1.82, 2.24) is 9.80 Å². The average Bonchev–Trinajstić information content (AvgIpc) is 2.67. The van der Waals surface area contributed by atoms with Crippen LogP contribution in [0.3, 0.4) is 0 Å². The Hall–Kier alpha value is -2.73. The number of carbonyl (C=O) groups is 2. The molecule has 1 N–H and O–H groups in total. The molecule has 1 aliphatic heterocycles. The van der Waals surface area contributed by atoms with Crippen LogP contribution >= 0.6 is 0 Å². The Balaban J connectivity index is 1.55. The first kappa shape index (κ1) is 19.0. The average molecular weight is 370 g/mol. The van der Waals surface area contributed by atoms with Crippen molar-refractivity contribution in [2.45, 2.75) is 19.4 Å². The molecule has 5 nitrogen and oxygen atoms in total. The van der Waals surface area contributed by atoms with Gasteiger partial charge in [0.1, 0.15) is 5.82 Å². The molecular formula is C21H23FN2O3. The van der Waals surface area contributed by atoms with Crippen molar-refractivity contribution < 1.29 is 19.1 Å². The summed E-state index contributed by atoms with van der Waals surface area (Å²) in [7, 11) is 0. The molecular weight excluding hydrogens is 347 g/mol. The number of carboxylic acid groups (broad SMARTS) is 1. The standard InChI is InChI=1S/C21H23FN2O3/c22-19-6-4-17(5-7-19)18-3-1-2-16(14-18)15-23-10-12-24(13-11-23)20(25)8-9-21(26)27/h1-7,14H,8-13,15H2,(H,26,27). The minimum absolute atomic E-state index is 0.0645. The number of carbonyl (C=O) groups excluding carboxylic acids is 1. The van der Waals surface area contributed by atoms with Crippen molar-refractivity contribution >= 4 is 11.9 Å². The second-order valence-corrected chi connectivity index (χ2v) is 6.76. The number of benzene rings is 2. The van der Waals surface area contributed by atoms with E-state index in [-0.39, 0.29) is 24.6 Å². The van der Waals surface area contributed by atoms with E-state index >= 15 is 0 Å². The van der Waals surface area contributed by atoms with Crippen LogP contribution in [0.15, 0.2) is 48.5 Å². The maximum atomic E-state index is 13.1. The van der Waals surface area contributed by atoms with Gasteiger partial charge in [-0.05, 0) is 34.9 Å². The van der Waals surface area contributed by atoms with Gasteiger partial charge in [0, 0.05) is 39.1 Å². The quantitative estimate of drug-likeness (QED) is 0.849. The molecule has 0 spiro atoms. The highest BCUT2D eigenvalue weighted by molar-refractivity contribution is 5.80. The van der Waals surface area contributed by atoms with Crippen molar-refractivity contribution in [3.05, 3.63) is 59.9 Å². The van der Waals surface area contributed by atoms with Gasteiger partial charge in [0.05, 0.1) is 6.42 Å². The van der Waals surface area contributed by atoms with Crippen molar-refractivity contribution in [3.63, 3.8) is 0 Å². The molecule has 27 heavy (non-hydrogen) atoms. The summed E-state index contributed by atoms with van der Waals surface area (Å²) in [6, 6.07) is 14.7. The van der Waals surface area contributed by atoms with E-state index < -0.39 is 5.97 Å². The third-order valence-electron chi connectivity index (χ3n) is 4.79. The smallest absolute Gasteiger partial charge is 0.303 e. The summed E-state index contributed by atoms with van der Waals surface area (Å²) >= 11 is 0. The molecule has 0 radical (unpaired) electrons. The predicted molar refractivity (Wildman–Crippen MR) is 101 cm³/mol. The monoisotopic (exact) mass is 370 g/mol. The molecule has 1 fully saturated rings. The summed E-state index contributed by atoms with van der Waals surface area (Å²) in [4.78, 5) is 26.6. The molecule has 6 heteroatoms. The number of hydrogen-bond acceptors (Lipinski definition) is 3. The number of nitrogens with zero attached hydrogens (tertiary/aromatic N) is 2. The van der Waals surface area contributed by atoms with Crippen molar-refractivity contribution in [3.8, 4) is 11.1 Å². The number of rotatable bonds is 6. The number of carboxylic acids is 1. The molecule has 2 aromatic carbocycles. The third-order valence-corrected chi connectivity index (χ3v) is 4.79.